The summed E-state index contributed by atoms with van der Waals surface area (Å²) >= 11 is 9.03. The average molecular weight is 420 g/mol. The van der Waals surface area contributed by atoms with Gasteiger partial charge in [0.25, 0.3) is 0 Å². The number of hydrogen-bond donors (Lipinski definition) is 2. The number of aromatic nitrogens is 2. The number of nitrogens with zero attached hydrogens (tertiary/aromatic N) is 3. The first kappa shape index (κ1) is 15.9. The van der Waals surface area contributed by atoms with Crippen LogP contribution in [0.1, 0.15) is 12.1 Å². The van der Waals surface area contributed by atoms with Gasteiger partial charge in [0.2, 0.25) is 0 Å². The molecule has 2 aliphatic heterocycles. The van der Waals surface area contributed by atoms with Crippen LogP contribution in [-0.2, 0) is 5.54 Å². The van der Waals surface area contributed by atoms with Gasteiger partial charge >= 0.3 is 12.2 Å². The van der Waals surface area contributed by atoms with Crippen molar-refractivity contribution < 1.29 is 18.7 Å². The monoisotopic (exact) mass is 418 g/mol. The Morgan fingerprint density at radius 1 is 1.50 bits per heavy atom. The molecule has 6 nitrogen and oxygen atoms in total. The molecule has 2 aromatic rings. The van der Waals surface area contributed by atoms with Crippen molar-refractivity contribution in [1.82, 2.24) is 20.2 Å². The molecule has 1 aromatic heterocycles. The zero-order valence-corrected chi connectivity index (χ0v) is 14.3. The van der Waals surface area contributed by atoms with Crippen LogP contribution in [0.4, 0.5) is 13.6 Å². The molecule has 0 radical (unpaired) electrons. The highest BCUT2D eigenvalue weighted by Gasteiger charge is 2.56. The van der Waals surface area contributed by atoms with Gasteiger partial charge in [-0.1, -0.05) is 11.6 Å². The summed E-state index contributed by atoms with van der Waals surface area (Å²) in [6.07, 6.45) is -1.81. The summed E-state index contributed by atoms with van der Waals surface area (Å²) < 4.78 is 28.4. The average Bonchev–Trinajstić information content (AvgIpc) is 3.12. The number of nitrogens with one attached hydrogen (secondary N) is 1. The quantitative estimate of drug-likeness (QED) is 0.549. The molecule has 2 saturated heterocycles. The first-order valence-corrected chi connectivity index (χ1v) is 8.26. The number of carboxylic acid groups (broad SMARTS) is 1. The molecule has 2 N–H and O–H groups in total. The molecular weight excluding hydrogens is 410 g/mol. The summed E-state index contributed by atoms with van der Waals surface area (Å²) in [6, 6.07) is 1.38. The summed E-state index contributed by atoms with van der Waals surface area (Å²) in [4.78, 5) is 20.2. The topological polar surface area (TPSA) is 78.3 Å². The fourth-order valence-corrected chi connectivity index (χ4v) is 4.16. The van der Waals surface area contributed by atoms with E-state index in [0.29, 0.717) is 6.42 Å². The minimum Gasteiger partial charge on any atom is -0.465 e. The van der Waals surface area contributed by atoms with Gasteiger partial charge in [-0.05, 0) is 28.4 Å². The highest BCUT2D eigenvalue weighted by molar-refractivity contribution is 9.10. The maximum atomic E-state index is 14.5. The molecule has 2 unspecified atom stereocenters. The van der Waals surface area contributed by atoms with Crippen molar-refractivity contribution in [3.05, 3.63) is 33.2 Å². The van der Waals surface area contributed by atoms with Gasteiger partial charge in [0.05, 0.1) is 15.2 Å². The number of halogens is 4. The number of rotatable bonds is 1. The van der Waals surface area contributed by atoms with E-state index in [9.17, 15) is 18.7 Å². The van der Waals surface area contributed by atoms with Gasteiger partial charge < -0.3 is 10.4 Å². The third-order valence-electron chi connectivity index (χ3n) is 4.66. The maximum absolute atomic E-state index is 14.5. The standard InChI is InChI=1S/C14H10BrClF2N4O2/c15-8-7(16)1-6-10(9(8)17)20-12(18)21-11(6)14-2-5(19-4-14)3-22(14)13(23)24/h1,5,19H,2-4H2,(H,23,24). The Morgan fingerprint density at radius 2 is 2.25 bits per heavy atom. The van der Waals surface area contributed by atoms with Crippen LogP contribution in [0.3, 0.4) is 0 Å². The van der Waals surface area contributed by atoms with Crippen LogP contribution in [0.25, 0.3) is 10.9 Å². The van der Waals surface area contributed by atoms with Crippen LogP contribution in [0.15, 0.2) is 10.5 Å². The Kier molecular flexibility index (Phi) is 3.45. The summed E-state index contributed by atoms with van der Waals surface area (Å²) in [6.45, 7) is 0.528. The van der Waals surface area contributed by atoms with Crippen LogP contribution in [0, 0.1) is 11.9 Å². The SMILES string of the molecule is O=C(O)N1CC2CC1(c1nc(F)nc3c(F)c(Br)c(Cl)cc13)CN2. The van der Waals surface area contributed by atoms with Crippen LogP contribution in [0.2, 0.25) is 5.02 Å². The Hall–Kier alpha value is -1.58. The van der Waals surface area contributed by atoms with E-state index in [-0.39, 0.29) is 45.2 Å². The molecule has 3 heterocycles. The molecule has 2 aliphatic rings. The molecule has 0 saturated carbocycles. The lowest BCUT2D eigenvalue weighted by Gasteiger charge is -2.36. The van der Waals surface area contributed by atoms with Crippen molar-refractivity contribution in [3.63, 3.8) is 0 Å². The van der Waals surface area contributed by atoms with Crippen molar-refractivity contribution in [1.29, 1.82) is 0 Å². The van der Waals surface area contributed by atoms with Gasteiger partial charge in [-0.25, -0.2) is 14.2 Å². The third kappa shape index (κ3) is 2.04. The second-order valence-electron chi connectivity index (χ2n) is 5.93. The molecule has 0 spiro atoms. The number of fused-ring (bicyclic) bond motifs is 3. The third-order valence-corrected chi connectivity index (χ3v) is 5.96. The second-order valence-corrected chi connectivity index (χ2v) is 7.13. The van der Waals surface area contributed by atoms with E-state index in [2.05, 4.69) is 31.2 Å². The molecule has 126 valence electrons. The Labute approximate surface area is 147 Å². The van der Waals surface area contributed by atoms with E-state index >= 15 is 0 Å². The molecular formula is C14H10BrClF2N4O2. The predicted octanol–water partition coefficient (Wildman–Crippen LogP) is 2.87. The fourth-order valence-electron chi connectivity index (χ4n) is 3.66. The first-order valence-electron chi connectivity index (χ1n) is 7.08. The van der Waals surface area contributed by atoms with Gasteiger partial charge in [0, 0.05) is 24.5 Å². The summed E-state index contributed by atoms with van der Waals surface area (Å²) in [5.41, 5.74) is -1.17. The van der Waals surface area contributed by atoms with E-state index in [1.54, 1.807) is 0 Å². The van der Waals surface area contributed by atoms with Crippen molar-refractivity contribution in [3.8, 4) is 0 Å². The molecule has 24 heavy (non-hydrogen) atoms. The van der Waals surface area contributed by atoms with Gasteiger partial charge in [0.15, 0.2) is 5.82 Å². The van der Waals surface area contributed by atoms with E-state index < -0.39 is 23.5 Å². The number of amides is 1. The Balaban J connectivity index is 2.05. The molecule has 1 aromatic carbocycles. The number of likely N-dealkylation sites (tertiary alicyclic amines) is 1. The van der Waals surface area contributed by atoms with Crippen LogP contribution in [0.5, 0.6) is 0 Å². The van der Waals surface area contributed by atoms with E-state index in [1.807, 2.05) is 0 Å². The maximum Gasteiger partial charge on any atom is 0.408 e. The number of benzene rings is 1. The van der Waals surface area contributed by atoms with Crippen molar-refractivity contribution in [2.24, 2.45) is 0 Å². The molecule has 2 atom stereocenters. The lowest BCUT2D eigenvalue weighted by molar-refractivity contribution is 0.0938. The largest absolute Gasteiger partial charge is 0.465 e. The second kappa shape index (κ2) is 5.21. The number of carbonyl (C=O) groups is 1. The van der Waals surface area contributed by atoms with E-state index in [4.69, 9.17) is 11.6 Å². The summed E-state index contributed by atoms with van der Waals surface area (Å²) in [7, 11) is 0. The highest BCUT2D eigenvalue weighted by atomic mass is 79.9. The summed E-state index contributed by atoms with van der Waals surface area (Å²) in [5, 5.41) is 13.0. The van der Waals surface area contributed by atoms with Crippen molar-refractivity contribution in [2.45, 2.75) is 18.0 Å². The number of piperazine rings is 1. The lowest BCUT2D eigenvalue weighted by Crippen LogP contribution is -2.53. The molecule has 1 amide bonds. The summed E-state index contributed by atoms with van der Waals surface area (Å²) in [5.74, 6) is -0.807. The van der Waals surface area contributed by atoms with Gasteiger partial charge in [0.1, 0.15) is 11.1 Å². The number of hydrogen-bond acceptors (Lipinski definition) is 4. The van der Waals surface area contributed by atoms with Gasteiger partial charge in [-0.3, -0.25) is 4.90 Å². The minimum absolute atomic E-state index is 0.0258. The molecule has 4 rings (SSSR count). The van der Waals surface area contributed by atoms with Crippen molar-refractivity contribution in [2.75, 3.05) is 13.1 Å². The van der Waals surface area contributed by atoms with E-state index in [1.165, 1.54) is 11.0 Å². The van der Waals surface area contributed by atoms with E-state index in [0.717, 1.165) is 0 Å². The van der Waals surface area contributed by atoms with Gasteiger partial charge in [-0.2, -0.15) is 9.37 Å². The molecule has 10 heteroatoms. The first-order chi connectivity index (χ1) is 11.3. The molecule has 0 aliphatic carbocycles. The molecule has 2 fully saturated rings. The van der Waals surface area contributed by atoms with Crippen LogP contribution < -0.4 is 5.32 Å². The van der Waals surface area contributed by atoms with Crippen LogP contribution in [-0.4, -0.2) is 45.2 Å². The van der Waals surface area contributed by atoms with Crippen LogP contribution >= 0.6 is 27.5 Å². The lowest BCUT2D eigenvalue weighted by atomic mass is 9.91. The smallest absolute Gasteiger partial charge is 0.408 e. The fraction of sp³-hybridized carbons (Fsp3) is 0.357. The Morgan fingerprint density at radius 3 is 2.92 bits per heavy atom. The van der Waals surface area contributed by atoms with Crippen molar-refractivity contribution >= 4 is 44.5 Å². The highest BCUT2D eigenvalue weighted by Crippen LogP contribution is 2.45. The minimum atomic E-state index is -1.13. The van der Waals surface area contributed by atoms with Gasteiger partial charge in [-0.15, -0.1) is 0 Å². The Bertz CT molecular complexity index is 899. The zero-order valence-electron chi connectivity index (χ0n) is 12.0. The normalized spacial score (nSPS) is 25.7. The predicted molar refractivity (Wildman–Crippen MR) is 85.0 cm³/mol. The zero-order chi connectivity index (χ0) is 17.2. The molecule has 2 bridgehead atoms.